The summed E-state index contributed by atoms with van der Waals surface area (Å²) in [6, 6.07) is 13.8. The maximum absolute atomic E-state index is 5.19. The molecule has 2 N–H and O–H groups in total. The van der Waals surface area contributed by atoms with Crippen molar-refractivity contribution in [3.8, 4) is 11.4 Å². The molecule has 0 radical (unpaired) electrons. The number of hydrogen-bond donors (Lipinski definition) is 2. The Kier molecular flexibility index (Phi) is 3.99. The summed E-state index contributed by atoms with van der Waals surface area (Å²) in [7, 11) is 0. The average molecular weight is 320 g/mol. The van der Waals surface area contributed by atoms with Crippen molar-refractivity contribution >= 4 is 17.6 Å². The van der Waals surface area contributed by atoms with Gasteiger partial charge in [-0.3, -0.25) is 4.98 Å². The van der Waals surface area contributed by atoms with E-state index in [9.17, 15) is 0 Å². The molecule has 0 saturated carbocycles. The molecule has 0 bridgehead atoms. The van der Waals surface area contributed by atoms with E-state index in [1.807, 2.05) is 42.5 Å². The minimum Gasteiger partial charge on any atom is -0.377 e. The highest BCUT2D eigenvalue weighted by atomic mass is 16.5. The van der Waals surface area contributed by atoms with Crippen LogP contribution in [0.25, 0.3) is 11.4 Å². The highest BCUT2D eigenvalue weighted by molar-refractivity contribution is 5.60. The lowest BCUT2D eigenvalue weighted by atomic mass is 10.2. The quantitative estimate of drug-likeness (QED) is 0.747. The first-order valence-electron chi connectivity index (χ1n) is 7.70. The Morgan fingerprint density at radius 3 is 2.33 bits per heavy atom. The fraction of sp³-hybridized carbons (Fsp3) is 0.176. The summed E-state index contributed by atoms with van der Waals surface area (Å²) in [5.74, 6) is 1.64. The summed E-state index contributed by atoms with van der Waals surface area (Å²) in [5, 5.41) is 6.47. The highest BCUT2D eigenvalue weighted by Gasteiger charge is 2.20. The molecule has 1 aromatic carbocycles. The Morgan fingerprint density at radius 2 is 1.62 bits per heavy atom. The van der Waals surface area contributed by atoms with Crippen molar-refractivity contribution in [1.29, 1.82) is 0 Å². The van der Waals surface area contributed by atoms with Crippen molar-refractivity contribution < 1.29 is 4.74 Å². The summed E-state index contributed by atoms with van der Waals surface area (Å²) >= 11 is 0. The Bertz CT molecular complexity index is 808. The number of benzene rings is 1. The van der Waals surface area contributed by atoms with E-state index in [0.717, 1.165) is 11.3 Å². The van der Waals surface area contributed by atoms with E-state index >= 15 is 0 Å². The van der Waals surface area contributed by atoms with Gasteiger partial charge >= 0.3 is 0 Å². The first kappa shape index (κ1) is 14.5. The standard InChI is InChI=1S/C17H16N6O/c1-2-4-12(5-3-1)15-21-16(19-13-6-8-18-9-7-13)23-17(22-15)20-14-10-24-11-14/h1-9,14H,10-11H2,(H2,18,19,20,21,22,23). The van der Waals surface area contributed by atoms with Crippen molar-refractivity contribution in [2.75, 3.05) is 23.8 Å². The van der Waals surface area contributed by atoms with Crippen molar-refractivity contribution in [1.82, 2.24) is 19.9 Å². The topological polar surface area (TPSA) is 84.9 Å². The van der Waals surface area contributed by atoms with Crippen LogP contribution in [0.1, 0.15) is 0 Å². The van der Waals surface area contributed by atoms with Crippen LogP contribution in [0.4, 0.5) is 17.6 Å². The van der Waals surface area contributed by atoms with E-state index < -0.39 is 0 Å². The fourth-order valence-corrected chi connectivity index (χ4v) is 2.28. The molecule has 1 aliphatic heterocycles. The second-order valence-electron chi connectivity index (χ2n) is 5.41. The Labute approximate surface area is 139 Å². The number of hydrogen-bond acceptors (Lipinski definition) is 7. The van der Waals surface area contributed by atoms with Gasteiger partial charge in [-0.15, -0.1) is 0 Å². The molecule has 0 aliphatic carbocycles. The molecule has 0 amide bonds. The van der Waals surface area contributed by atoms with E-state index in [-0.39, 0.29) is 6.04 Å². The minimum absolute atomic E-state index is 0.241. The van der Waals surface area contributed by atoms with Crippen molar-refractivity contribution in [3.05, 3.63) is 54.9 Å². The zero-order chi connectivity index (χ0) is 16.2. The van der Waals surface area contributed by atoms with Crippen molar-refractivity contribution in [3.63, 3.8) is 0 Å². The third-order valence-electron chi connectivity index (χ3n) is 3.58. The lowest BCUT2D eigenvalue weighted by Gasteiger charge is -2.26. The van der Waals surface area contributed by atoms with Crippen LogP contribution in [0, 0.1) is 0 Å². The first-order chi connectivity index (χ1) is 11.9. The minimum atomic E-state index is 0.241. The predicted molar refractivity (Wildman–Crippen MR) is 91.0 cm³/mol. The fourth-order valence-electron chi connectivity index (χ4n) is 2.28. The van der Waals surface area contributed by atoms with Gasteiger partial charge in [-0.2, -0.15) is 15.0 Å². The molecular weight excluding hydrogens is 304 g/mol. The van der Waals surface area contributed by atoms with Crippen LogP contribution in [0.2, 0.25) is 0 Å². The van der Waals surface area contributed by atoms with Gasteiger partial charge in [-0.05, 0) is 12.1 Å². The van der Waals surface area contributed by atoms with Gasteiger partial charge in [0.25, 0.3) is 0 Å². The molecule has 120 valence electrons. The lowest BCUT2D eigenvalue weighted by molar-refractivity contribution is 0.0208. The number of rotatable bonds is 5. The molecule has 7 heteroatoms. The Morgan fingerprint density at radius 1 is 0.875 bits per heavy atom. The smallest absolute Gasteiger partial charge is 0.232 e. The molecule has 0 spiro atoms. The Hall–Kier alpha value is -3.06. The summed E-state index contributed by atoms with van der Waals surface area (Å²) in [6.45, 7) is 1.33. The molecule has 0 unspecified atom stereocenters. The SMILES string of the molecule is c1ccc(-c2nc(Nc3ccncc3)nc(NC3COC3)n2)cc1. The number of nitrogens with zero attached hydrogens (tertiary/aromatic N) is 4. The van der Waals surface area contributed by atoms with Crippen LogP contribution in [0.3, 0.4) is 0 Å². The van der Waals surface area contributed by atoms with Gasteiger partial charge < -0.3 is 15.4 Å². The predicted octanol–water partition coefficient (Wildman–Crippen LogP) is 2.49. The molecule has 4 rings (SSSR count). The number of pyridine rings is 1. The number of anilines is 3. The molecular formula is C17H16N6O. The molecule has 1 saturated heterocycles. The monoisotopic (exact) mass is 320 g/mol. The van der Waals surface area contributed by atoms with Gasteiger partial charge in [0, 0.05) is 23.6 Å². The van der Waals surface area contributed by atoms with Gasteiger partial charge in [-0.25, -0.2) is 0 Å². The molecule has 7 nitrogen and oxygen atoms in total. The van der Waals surface area contributed by atoms with Gasteiger partial charge in [0.05, 0.1) is 19.3 Å². The Balaban J connectivity index is 1.67. The summed E-state index contributed by atoms with van der Waals surface area (Å²) in [6.07, 6.45) is 3.43. The number of aromatic nitrogens is 4. The van der Waals surface area contributed by atoms with Crippen molar-refractivity contribution in [2.24, 2.45) is 0 Å². The molecule has 3 aromatic rings. The number of nitrogens with one attached hydrogen (secondary N) is 2. The summed E-state index contributed by atoms with van der Waals surface area (Å²) in [5.41, 5.74) is 1.80. The van der Waals surface area contributed by atoms with Crippen LogP contribution < -0.4 is 10.6 Å². The van der Waals surface area contributed by atoms with E-state index in [1.54, 1.807) is 12.4 Å². The van der Waals surface area contributed by atoms with Crippen LogP contribution in [-0.2, 0) is 4.74 Å². The van der Waals surface area contributed by atoms with Gasteiger partial charge in [0.15, 0.2) is 5.82 Å². The second-order valence-corrected chi connectivity index (χ2v) is 5.41. The third kappa shape index (κ3) is 3.31. The lowest BCUT2D eigenvalue weighted by Crippen LogP contribution is -2.40. The van der Waals surface area contributed by atoms with E-state index in [4.69, 9.17) is 4.74 Å². The van der Waals surface area contributed by atoms with E-state index in [1.165, 1.54) is 0 Å². The third-order valence-corrected chi connectivity index (χ3v) is 3.58. The molecule has 2 aromatic heterocycles. The second kappa shape index (κ2) is 6.59. The highest BCUT2D eigenvalue weighted by Crippen LogP contribution is 2.20. The summed E-state index contributed by atoms with van der Waals surface area (Å²) < 4.78 is 5.19. The van der Waals surface area contributed by atoms with E-state index in [2.05, 4.69) is 30.6 Å². The molecule has 1 fully saturated rings. The maximum Gasteiger partial charge on any atom is 0.232 e. The molecule has 3 heterocycles. The molecule has 24 heavy (non-hydrogen) atoms. The van der Waals surface area contributed by atoms with Gasteiger partial charge in [0.1, 0.15) is 0 Å². The average Bonchev–Trinajstić information content (AvgIpc) is 2.60. The first-order valence-corrected chi connectivity index (χ1v) is 7.70. The van der Waals surface area contributed by atoms with Crippen LogP contribution in [-0.4, -0.2) is 39.2 Å². The van der Waals surface area contributed by atoms with Crippen molar-refractivity contribution in [2.45, 2.75) is 6.04 Å². The molecule has 1 aliphatic rings. The zero-order valence-electron chi connectivity index (χ0n) is 12.9. The maximum atomic E-state index is 5.19. The largest absolute Gasteiger partial charge is 0.377 e. The summed E-state index contributed by atoms with van der Waals surface area (Å²) in [4.78, 5) is 17.5. The van der Waals surface area contributed by atoms with Gasteiger partial charge in [-0.1, -0.05) is 30.3 Å². The molecule has 0 atom stereocenters. The zero-order valence-corrected chi connectivity index (χ0v) is 12.9. The van der Waals surface area contributed by atoms with Crippen LogP contribution >= 0.6 is 0 Å². The van der Waals surface area contributed by atoms with E-state index in [0.29, 0.717) is 30.9 Å². The number of ether oxygens (including phenoxy) is 1. The van der Waals surface area contributed by atoms with Gasteiger partial charge in [0.2, 0.25) is 11.9 Å². The normalized spacial score (nSPS) is 14.0. The van der Waals surface area contributed by atoms with Crippen LogP contribution in [0.15, 0.2) is 54.9 Å². The van der Waals surface area contributed by atoms with Crippen LogP contribution in [0.5, 0.6) is 0 Å².